The molecule has 1 fully saturated rings. The van der Waals surface area contributed by atoms with E-state index in [4.69, 9.17) is 4.98 Å². The molecule has 0 radical (unpaired) electrons. The molecule has 0 aliphatic carbocycles. The molecule has 0 unspecified atom stereocenters. The molecule has 0 saturated carbocycles. The summed E-state index contributed by atoms with van der Waals surface area (Å²) >= 11 is 0. The summed E-state index contributed by atoms with van der Waals surface area (Å²) in [5.41, 5.74) is 4.66. The van der Waals surface area contributed by atoms with Crippen LogP contribution in [0.1, 0.15) is 24.0 Å². The topological polar surface area (TPSA) is 24.3 Å². The second kappa shape index (κ2) is 10.7. The fraction of sp³-hybridized carbons (Fsp3) is 0.281. The van der Waals surface area contributed by atoms with Crippen molar-refractivity contribution in [2.45, 2.75) is 25.8 Å². The van der Waals surface area contributed by atoms with Gasteiger partial charge < -0.3 is 14.4 Å². The first-order valence-electron chi connectivity index (χ1n) is 13.4. The molecule has 0 atom stereocenters. The van der Waals surface area contributed by atoms with Gasteiger partial charge in [0.05, 0.1) is 17.6 Å². The first-order chi connectivity index (χ1) is 18.2. The standard InChI is InChI=1S/C32H33FN4/c33-28-16-14-25(15-17-28)24-37-31-13-4-3-12-30(31)34-32(37)36-21-6-19-35(20-7-22-36)23-18-27-10-5-9-26-8-1-2-11-29(26)27/h1-5,8-17H,6-7,18-24H2. The van der Waals surface area contributed by atoms with Gasteiger partial charge in [-0.3, -0.25) is 0 Å². The van der Waals surface area contributed by atoms with Crippen LogP contribution in [0.4, 0.5) is 10.3 Å². The molecule has 188 valence electrons. The van der Waals surface area contributed by atoms with E-state index in [0.29, 0.717) is 6.54 Å². The minimum Gasteiger partial charge on any atom is -0.342 e. The number of rotatable bonds is 6. The van der Waals surface area contributed by atoms with E-state index in [-0.39, 0.29) is 5.82 Å². The van der Waals surface area contributed by atoms with Gasteiger partial charge in [0.2, 0.25) is 5.95 Å². The lowest BCUT2D eigenvalue weighted by Crippen LogP contribution is -2.38. The van der Waals surface area contributed by atoms with Gasteiger partial charge in [-0.2, -0.15) is 0 Å². The number of imidazole rings is 1. The number of anilines is 1. The normalized spacial score (nSPS) is 15.2. The van der Waals surface area contributed by atoms with Crippen LogP contribution in [0, 0.1) is 5.82 Å². The number of para-hydroxylation sites is 2. The van der Waals surface area contributed by atoms with Crippen molar-refractivity contribution in [1.82, 2.24) is 14.5 Å². The lowest BCUT2D eigenvalue weighted by atomic mass is 10.0. The van der Waals surface area contributed by atoms with Crippen LogP contribution in [0.5, 0.6) is 0 Å². The predicted octanol–water partition coefficient (Wildman–Crippen LogP) is 6.52. The van der Waals surface area contributed by atoms with Gasteiger partial charge in [-0.15, -0.1) is 0 Å². The summed E-state index contributed by atoms with van der Waals surface area (Å²) in [6.07, 6.45) is 3.29. The maximum absolute atomic E-state index is 13.5. The van der Waals surface area contributed by atoms with Crippen molar-refractivity contribution < 1.29 is 4.39 Å². The molecule has 5 heteroatoms. The van der Waals surface area contributed by atoms with Crippen LogP contribution in [-0.4, -0.2) is 47.2 Å². The maximum Gasteiger partial charge on any atom is 0.206 e. The van der Waals surface area contributed by atoms with Gasteiger partial charge in [-0.25, -0.2) is 9.37 Å². The van der Waals surface area contributed by atoms with Gasteiger partial charge in [-0.05, 0) is 78.5 Å². The Morgan fingerprint density at radius 2 is 1.46 bits per heavy atom. The molecule has 4 aromatic carbocycles. The molecule has 0 spiro atoms. The van der Waals surface area contributed by atoms with Crippen LogP contribution >= 0.6 is 0 Å². The second-order valence-corrected chi connectivity index (χ2v) is 10.0. The number of hydrogen-bond donors (Lipinski definition) is 0. The highest BCUT2D eigenvalue weighted by atomic mass is 19.1. The van der Waals surface area contributed by atoms with E-state index in [1.54, 1.807) is 0 Å². The van der Waals surface area contributed by atoms with Crippen LogP contribution in [-0.2, 0) is 13.0 Å². The molecule has 1 aromatic heterocycles. The number of hydrogen-bond acceptors (Lipinski definition) is 3. The molecular weight excluding hydrogens is 459 g/mol. The minimum absolute atomic E-state index is 0.201. The largest absolute Gasteiger partial charge is 0.342 e. The van der Waals surface area contributed by atoms with Crippen LogP contribution < -0.4 is 4.90 Å². The maximum atomic E-state index is 13.5. The van der Waals surface area contributed by atoms with E-state index in [1.165, 1.54) is 28.5 Å². The zero-order valence-electron chi connectivity index (χ0n) is 21.2. The summed E-state index contributed by atoms with van der Waals surface area (Å²) in [7, 11) is 0. The van der Waals surface area contributed by atoms with Gasteiger partial charge in [0.15, 0.2) is 0 Å². The quantitative estimate of drug-likeness (QED) is 0.270. The zero-order chi connectivity index (χ0) is 25.0. The Morgan fingerprint density at radius 1 is 0.730 bits per heavy atom. The van der Waals surface area contributed by atoms with Crippen molar-refractivity contribution in [2.24, 2.45) is 0 Å². The van der Waals surface area contributed by atoms with Gasteiger partial charge in [0.1, 0.15) is 5.82 Å². The highest BCUT2D eigenvalue weighted by Gasteiger charge is 2.20. The molecule has 37 heavy (non-hydrogen) atoms. The summed E-state index contributed by atoms with van der Waals surface area (Å²) in [6, 6.07) is 30.5. The molecule has 0 N–H and O–H groups in total. The molecule has 2 heterocycles. The third-order valence-corrected chi connectivity index (χ3v) is 7.55. The fourth-order valence-corrected chi connectivity index (χ4v) is 5.64. The van der Waals surface area contributed by atoms with Gasteiger partial charge in [0.25, 0.3) is 0 Å². The first-order valence-corrected chi connectivity index (χ1v) is 13.4. The third kappa shape index (κ3) is 5.23. The fourth-order valence-electron chi connectivity index (χ4n) is 5.64. The van der Waals surface area contributed by atoms with Crippen molar-refractivity contribution in [1.29, 1.82) is 0 Å². The van der Waals surface area contributed by atoms with Crippen LogP contribution in [0.25, 0.3) is 21.8 Å². The number of nitrogens with zero attached hydrogens (tertiary/aromatic N) is 4. The summed E-state index contributed by atoms with van der Waals surface area (Å²) < 4.78 is 15.8. The summed E-state index contributed by atoms with van der Waals surface area (Å²) in [5, 5.41) is 2.70. The average molecular weight is 493 g/mol. The molecule has 0 amide bonds. The average Bonchev–Trinajstić information content (AvgIpc) is 3.27. The number of halogens is 1. The third-order valence-electron chi connectivity index (χ3n) is 7.55. The predicted molar refractivity (Wildman–Crippen MR) is 151 cm³/mol. The van der Waals surface area contributed by atoms with E-state index in [9.17, 15) is 4.39 Å². The van der Waals surface area contributed by atoms with E-state index in [0.717, 1.165) is 74.5 Å². The summed E-state index contributed by atoms with van der Waals surface area (Å²) in [4.78, 5) is 10.1. The Morgan fingerprint density at radius 3 is 2.30 bits per heavy atom. The monoisotopic (exact) mass is 492 g/mol. The van der Waals surface area contributed by atoms with Gasteiger partial charge >= 0.3 is 0 Å². The van der Waals surface area contributed by atoms with Crippen LogP contribution in [0.3, 0.4) is 0 Å². The number of aromatic nitrogens is 2. The van der Waals surface area contributed by atoms with E-state index in [1.807, 2.05) is 18.2 Å². The molecule has 1 aliphatic heterocycles. The van der Waals surface area contributed by atoms with Gasteiger partial charge in [-0.1, -0.05) is 66.7 Å². The molecular formula is C32H33FN4. The summed E-state index contributed by atoms with van der Waals surface area (Å²) in [6.45, 7) is 5.94. The van der Waals surface area contributed by atoms with E-state index >= 15 is 0 Å². The molecule has 4 nitrogen and oxygen atoms in total. The molecule has 5 aromatic rings. The van der Waals surface area contributed by atoms with Crippen molar-refractivity contribution in [2.75, 3.05) is 37.6 Å². The lowest BCUT2D eigenvalue weighted by Gasteiger charge is -2.31. The summed E-state index contributed by atoms with van der Waals surface area (Å²) in [5.74, 6) is 0.822. The Kier molecular flexibility index (Phi) is 6.87. The van der Waals surface area contributed by atoms with Crippen molar-refractivity contribution >= 4 is 27.8 Å². The molecule has 1 saturated heterocycles. The zero-order valence-corrected chi connectivity index (χ0v) is 21.2. The molecule has 6 rings (SSSR count). The van der Waals surface area contributed by atoms with Crippen LogP contribution in [0.15, 0.2) is 91.0 Å². The minimum atomic E-state index is -0.201. The lowest BCUT2D eigenvalue weighted by molar-refractivity contribution is 0.262. The number of benzene rings is 4. The van der Waals surface area contributed by atoms with Gasteiger partial charge in [0, 0.05) is 19.6 Å². The highest BCUT2D eigenvalue weighted by molar-refractivity contribution is 5.85. The Bertz CT molecular complexity index is 1480. The smallest absolute Gasteiger partial charge is 0.206 e. The van der Waals surface area contributed by atoms with E-state index in [2.05, 4.69) is 75.0 Å². The molecule has 1 aliphatic rings. The SMILES string of the molecule is Fc1ccc(Cn2c(N3CCCN(CCc4cccc5ccccc45)CCC3)nc3ccccc32)cc1. The van der Waals surface area contributed by atoms with Crippen molar-refractivity contribution in [3.05, 3.63) is 108 Å². The highest BCUT2D eigenvalue weighted by Crippen LogP contribution is 2.26. The Hall–Kier alpha value is -3.70. The van der Waals surface area contributed by atoms with Crippen LogP contribution in [0.2, 0.25) is 0 Å². The van der Waals surface area contributed by atoms with E-state index < -0.39 is 0 Å². The first kappa shape index (κ1) is 23.7. The second-order valence-electron chi connectivity index (χ2n) is 10.0. The molecule has 0 bridgehead atoms. The Labute approximate surface area is 218 Å². The van der Waals surface area contributed by atoms with Crippen molar-refractivity contribution in [3.63, 3.8) is 0 Å². The van der Waals surface area contributed by atoms with Crippen molar-refractivity contribution in [3.8, 4) is 0 Å². The number of fused-ring (bicyclic) bond motifs is 2. The Balaban J connectivity index is 1.15.